The van der Waals surface area contributed by atoms with Gasteiger partial charge in [-0.3, -0.25) is 4.79 Å². The molecule has 2 rings (SSSR count). The maximum absolute atomic E-state index is 11.7. The summed E-state index contributed by atoms with van der Waals surface area (Å²) in [5.41, 5.74) is 0.896. The zero-order valence-corrected chi connectivity index (χ0v) is 11.9. The van der Waals surface area contributed by atoms with Crippen LogP contribution in [0.5, 0.6) is 0 Å². The van der Waals surface area contributed by atoms with Crippen molar-refractivity contribution in [2.45, 2.75) is 19.9 Å². The molecule has 0 aliphatic heterocycles. The molecular formula is C13H12Cl2N2O2. The van der Waals surface area contributed by atoms with Crippen LogP contribution in [0.1, 0.15) is 24.3 Å². The van der Waals surface area contributed by atoms with Crippen LogP contribution in [-0.2, 0) is 0 Å². The second kappa shape index (κ2) is 5.63. The Kier molecular flexibility index (Phi) is 4.12. The summed E-state index contributed by atoms with van der Waals surface area (Å²) in [5, 5.41) is 3.60. The molecule has 0 unspecified atom stereocenters. The van der Waals surface area contributed by atoms with Gasteiger partial charge in [-0.2, -0.15) is 0 Å². The van der Waals surface area contributed by atoms with Gasteiger partial charge in [0.1, 0.15) is 6.26 Å². The third-order valence-electron chi connectivity index (χ3n) is 2.32. The lowest BCUT2D eigenvalue weighted by atomic mass is 10.2. The predicted molar refractivity (Wildman–Crippen MR) is 74.6 cm³/mol. The topological polar surface area (TPSA) is 55.1 Å². The number of amides is 1. The maximum atomic E-state index is 11.7. The van der Waals surface area contributed by atoms with Gasteiger partial charge in [0.05, 0.1) is 10.0 Å². The lowest BCUT2D eigenvalue weighted by molar-refractivity contribution is 0.0938. The number of oxazole rings is 1. The molecular weight excluding hydrogens is 287 g/mol. The van der Waals surface area contributed by atoms with Crippen molar-refractivity contribution >= 4 is 29.1 Å². The first kappa shape index (κ1) is 13.9. The highest BCUT2D eigenvalue weighted by Gasteiger charge is 2.14. The Morgan fingerprint density at radius 1 is 1.32 bits per heavy atom. The molecule has 1 N–H and O–H groups in total. The molecule has 1 heterocycles. The van der Waals surface area contributed by atoms with Crippen molar-refractivity contribution in [2.24, 2.45) is 0 Å². The van der Waals surface area contributed by atoms with Gasteiger partial charge in [-0.1, -0.05) is 23.2 Å². The average Bonchev–Trinajstić information content (AvgIpc) is 2.81. The van der Waals surface area contributed by atoms with E-state index in [1.807, 2.05) is 13.8 Å². The molecule has 2 aromatic rings. The van der Waals surface area contributed by atoms with Crippen molar-refractivity contribution < 1.29 is 9.21 Å². The second-order valence-corrected chi connectivity index (χ2v) is 5.11. The van der Waals surface area contributed by atoms with E-state index in [1.54, 1.807) is 18.2 Å². The number of carbonyl (C=O) groups excluding carboxylic acids is 1. The molecule has 0 saturated heterocycles. The summed E-state index contributed by atoms with van der Waals surface area (Å²) in [7, 11) is 0. The first-order valence-electron chi connectivity index (χ1n) is 5.69. The predicted octanol–water partition coefficient (Wildman–Crippen LogP) is 3.79. The fourth-order valence-electron chi connectivity index (χ4n) is 1.48. The van der Waals surface area contributed by atoms with Crippen molar-refractivity contribution in [1.29, 1.82) is 0 Å². The van der Waals surface area contributed by atoms with E-state index in [0.29, 0.717) is 21.5 Å². The van der Waals surface area contributed by atoms with Crippen molar-refractivity contribution in [2.75, 3.05) is 0 Å². The first-order valence-corrected chi connectivity index (χ1v) is 6.45. The summed E-state index contributed by atoms with van der Waals surface area (Å²) in [4.78, 5) is 15.9. The van der Waals surface area contributed by atoms with E-state index in [0.717, 1.165) is 0 Å². The van der Waals surface area contributed by atoms with Gasteiger partial charge >= 0.3 is 0 Å². The summed E-state index contributed by atoms with van der Waals surface area (Å²) in [6, 6.07) is 5.05. The molecule has 1 amide bonds. The van der Waals surface area contributed by atoms with Crippen LogP contribution in [-0.4, -0.2) is 16.9 Å². The van der Waals surface area contributed by atoms with Gasteiger partial charge in [0.15, 0.2) is 5.69 Å². The average molecular weight is 299 g/mol. The van der Waals surface area contributed by atoms with E-state index < -0.39 is 0 Å². The Labute approximate surface area is 120 Å². The molecule has 1 aromatic heterocycles. The highest BCUT2D eigenvalue weighted by Crippen LogP contribution is 2.28. The zero-order chi connectivity index (χ0) is 14.0. The van der Waals surface area contributed by atoms with Gasteiger partial charge in [-0.05, 0) is 32.0 Å². The molecule has 0 spiro atoms. The van der Waals surface area contributed by atoms with E-state index in [9.17, 15) is 4.79 Å². The summed E-state index contributed by atoms with van der Waals surface area (Å²) >= 11 is 11.8. The highest BCUT2D eigenvalue weighted by molar-refractivity contribution is 6.42. The summed E-state index contributed by atoms with van der Waals surface area (Å²) in [6.07, 6.45) is 1.32. The number of halogens is 2. The van der Waals surface area contributed by atoms with Gasteiger partial charge in [0.2, 0.25) is 5.89 Å². The van der Waals surface area contributed by atoms with Gasteiger partial charge in [-0.25, -0.2) is 4.98 Å². The number of aromatic nitrogens is 1. The Hall–Kier alpha value is -1.52. The monoisotopic (exact) mass is 298 g/mol. The van der Waals surface area contributed by atoms with Crippen LogP contribution in [0.2, 0.25) is 10.0 Å². The Morgan fingerprint density at radius 2 is 2.05 bits per heavy atom. The molecule has 0 aliphatic carbocycles. The standard InChI is InChI=1S/C13H12Cl2N2O2/c1-7(2)16-12(18)11-6-19-13(17-11)8-3-4-9(14)10(15)5-8/h3-7H,1-2H3,(H,16,18). The molecule has 1 aromatic carbocycles. The molecule has 0 fully saturated rings. The number of nitrogens with one attached hydrogen (secondary N) is 1. The van der Waals surface area contributed by atoms with E-state index in [4.69, 9.17) is 27.6 Å². The van der Waals surface area contributed by atoms with Crippen LogP contribution in [0.3, 0.4) is 0 Å². The first-order chi connectivity index (χ1) is 8.97. The van der Waals surface area contributed by atoms with Gasteiger partial charge < -0.3 is 9.73 Å². The fraction of sp³-hybridized carbons (Fsp3) is 0.231. The summed E-state index contributed by atoms with van der Waals surface area (Å²) in [5.74, 6) is 0.0533. The molecule has 0 bridgehead atoms. The number of hydrogen-bond donors (Lipinski definition) is 1. The molecule has 0 saturated carbocycles. The van der Waals surface area contributed by atoms with E-state index in [1.165, 1.54) is 6.26 Å². The minimum absolute atomic E-state index is 0.0395. The zero-order valence-electron chi connectivity index (χ0n) is 10.4. The highest BCUT2D eigenvalue weighted by atomic mass is 35.5. The number of rotatable bonds is 3. The van der Waals surface area contributed by atoms with Crippen molar-refractivity contribution in [1.82, 2.24) is 10.3 Å². The number of nitrogens with zero attached hydrogens (tertiary/aromatic N) is 1. The van der Waals surface area contributed by atoms with Crippen LogP contribution in [0.15, 0.2) is 28.9 Å². The second-order valence-electron chi connectivity index (χ2n) is 4.29. The number of hydrogen-bond acceptors (Lipinski definition) is 3. The third kappa shape index (κ3) is 3.28. The molecule has 19 heavy (non-hydrogen) atoms. The van der Waals surface area contributed by atoms with E-state index in [2.05, 4.69) is 10.3 Å². The van der Waals surface area contributed by atoms with Gasteiger partial charge in [0.25, 0.3) is 5.91 Å². The van der Waals surface area contributed by atoms with Crippen LogP contribution < -0.4 is 5.32 Å². The Morgan fingerprint density at radius 3 is 2.68 bits per heavy atom. The normalized spacial score (nSPS) is 10.8. The van der Waals surface area contributed by atoms with E-state index in [-0.39, 0.29) is 17.6 Å². The minimum atomic E-state index is -0.273. The Bertz CT molecular complexity index is 608. The smallest absolute Gasteiger partial charge is 0.273 e. The summed E-state index contributed by atoms with van der Waals surface area (Å²) in [6.45, 7) is 3.75. The SMILES string of the molecule is CC(C)NC(=O)c1coc(-c2ccc(Cl)c(Cl)c2)n1. The van der Waals surface area contributed by atoms with Gasteiger partial charge in [0, 0.05) is 11.6 Å². The van der Waals surface area contributed by atoms with Crippen molar-refractivity contribution in [3.05, 3.63) is 40.2 Å². The van der Waals surface area contributed by atoms with E-state index >= 15 is 0 Å². The minimum Gasteiger partial charge on any atom is -0.444 e. The van der Waals surface area contributed by atoms with Crippen LogP contribution in [0.4, 0.5) is 0 Å². The lowest BCUT2D eigenvalue weighted by Crippen LogP contribution is -2.30. The molecule has 4 nitrogen and oxygen atoms in total. The number of benzene rings is 1. The molecule has 0 radical (unpaired) electrons. The molecule has 0 atom stereocenters. The van der Waals surface area contributed by atoms with Crippen LogP contribution in [0.25, 0.3) is 11.5 Å². The molecule has 100 valence electrons. The molecule has 0 aliphatic rings. The van der Waals surface area contributed by atoms with Crippen LogP contribution >= 0.6 is 23.2 Å². The molecule has 6 heteroatoms. The third-order valence-corrected chi connectivity index (χ3v) is 3.06. The number of carbonyl (C=O) groups is 1. The quantitative estimate of drug-likeness (QED) is 0.938. The van der Waals surface area contributed by atoms with Crippen molar-refractivity contribution in [3.63, 3.8) is 0 Å². The maximum Gasteiger partial charge on any atom is 0.273 e. The van der Waals surface area contributed by atoms with Crippen molar-refractivity contribution in [3.8, 4) is 11.5 Å². The fourth-order valence-corrected chi connectivity index (χ4v) is 1.77. The summed E-state index contributed by atoms with van der Waals surface area (Å²) < 4.78 is 5.27. The largest absolute Gasteiger partial charge is 0.444 e. The van der Waals surface area contributed by atoms with Crippen LogP contribution in [0, 0.1) is 0 Å². The lowest BCUT2D eigenvalue weighted by Gasteiger charge is -2.04. The Balaban J connectivity index is 2.25. The van der Waals surface area contributed by atoms with Gasteiger partial charge in [-0.15, -0.1) is 0 Å².